The minimum atomic E-state index is -3.44. The second kappa shape index (κ2) is 15.7. The van der Waals surface area contributed by atoms with Crippen molar-refractivity contribution in [2.45, 2.75) is 39.5 Å². The Bertz CT molecular complexity index is 532. The Kier molecular flexibility index (Phi) is 18.1. The Balaban J connectivity index is -0.000000446. The smallest absolute Gasteiger partial charge is 0.214 e. The molecule has 22 heavy (non-hydrogen) atoms. The van der Waals surface area contributed by atoms with Crippen molar-refractivity contribution >= 4 is 22.2 Å². The number of benzene rings is 1. The second-order valence-corrected chi connectivity index (χ2v) is 5.14. The fourth-order valence-corrected chi connectivity index (χ4v) is 2.27. The first-order valence-corrected chi connectivity index (χ1v) is 8.85. The van der Waals surface area contributed by atoms with E-state index in [4.69, 9.17) is 0 Å². The number of allylic oxidation sites excluding steroid dienone is 1. The van der Waals surface area contributed by atoms with E-state index in [9.17, 15) is 8.42 Å². The molecule has 0 fully saturated rings. The molecule has 126 valence electrons. The maximum absolute atomic E-state index is 11.7. The van der Waals surface area contributed by atoms with Gasteiger partial charge in [0.2, 0.25) is 10.0 Å². The van der Waals surface area contributed by atoms with Crippen LogP contribution >= 0.6 is 0 Å². The monoisotopic (exact) mass is 325 g/mol. The Hall–Kier alpha value is -1.65. The molecule has 0 atom stereocenters. The maximum atomic E-state index is 11.7. The first kappa shape index (κ1) is 25.3. The zero-order chi connectivity index (χ0) is 18.2. The van der Waals surface area contributed by atoms with Crippen molar-refractivity contribution in [1.29, 1.82) is 0 Å². The maximum Gasteiger partial charge on any atom is 0.240 e. The van der Waals surface area contributed by atoms with Crippen molar-refractivity contribution in [3.8, 4) is 0 Å². The first-order valence-electron chi connectivity index (χ1n) is 7.37. The normalized spacial score (nSPS) is 8.64. The zero-order valence-electron chi connectivity index (χ0n) is 14.8. The van der Waals surface area contributed by atoms with Crippen LogP contribution in [0.2, 0.25) is 0 Å². The lowest BCUT2D eigenvalue weighted by Crippen LogP contribution is -2.19. The summed E-state index contributed by atoms with van der Waals surface area (Å²) in [5.74, 6) is 0. The van der Waals surface area contributed by atoms with Gasteiger partial charge in [0.05, 0.1) is 4.90 Å². The van der Waals surface area contributed by atoms with Crippen LogP contribution in [-0.2, 0) is 10.0 Å². The quantitative estimate of drug-likeness (QED) is 0.780. The lowest BCUT2D eigenvalue weighted by Gasteiger charge is -2.08. The molecule has 0 aliphatic rings. The van der Waals surface area contributed by atoms with Gasteiger partial charge in [-0.15, -0.1) is 6.58 Å². The van der Waals surface area contributed by atoms with Crippen molar-refractivity contribution < 1.29 is 8.42 Å². The van der Waals surface area contributed by atoms with Gasteiger partial charge in [-0.3, -0.25) is 0 Å². The molecule has 0 radical (unpaired) electrons. The summed E-state index contributed by atoms with van der Waals surface area (Å²) in [4.78, 5) is 0.220. The highest BCUT2D eigenvalue weighted by Gasteiger charge is 2.15. The molecule has 0 heterocycles. The predicted molar refractivity (Wildman–Crippen MR) is 101 cm³/mol. The standard InChI is InChI=1S/C11H13NO2S.C3H6.2C2H6/c1-4-9-7-6-8-11(10(9)5-2)15(13,14)12-3;1-3-2;2*1-2/h4-8,12H,1-2H2,3H3;3H,1H2,2H3;2*1-2H3. The summed E-state index contributed by atoms with van der Waals surface area (Å²) in [7, 11) is -2.06. The van der Waals surface area contributed by atoms with Crippen LogP contribution in [0.3, 0.4) is 0 Å². The minimum absolute atomic E-state index is 0.220. The molecule has 1 aromatic carbocycles. The van der Waals surface area contributed by atoms with Crippen molar-refractivity contribution in [3.05, 3.63) is 55.1 Å². The van der Waals surface area contributed by atoms with Crippen LogP contribution in [-0.4, -0.2) is 15.5 Å². The van der Waals surface area contributed by atoms with Crippen LogP contribution in [0.25, 0.3) is 12.2 Å². The van der Waals surface area contributed by atoms with E-state index in [0.717, 1.165) is 5.56 Å². The van der Waals surface area contributed by atoms with E-state index in [-0.39, 0.29) is 4.90 Å². The van der Waals surface area contributed by atoms with Gasteiger partial charge >= 0.3 is 0 Å². The van der Waals surface area contributed by atoms with Gasteiger partial charge in [-0.25, -0.2) is 13.1 Å². The van der Waals surface area contributed by atoms with Gasteiger partial charge in [-0.1, -0.05) is 71.2 Å². The van der Waals surface area contributed by atoms with E-state index in [1.165, 1.54) is 19.2 Å². The Morgan fingerprint density at radius 2 is 1.45 bits per heavy atom. The van der Waals surface area contributed by atoms with Gasteiger partial charge < -0.3 is 0 Å². The Labute approximate surface area is 137 Å². The molecule has 0 bridgehead atoms. The fourth-order valence-electron chi connectivity index (χ4n) is 1.30. The third kappa shape index (κ3) is 8.60. The number of rotatable bonds is 4. The molecular formula is C18H31NO2S. The van der Waals surface area contributed by atoms with Gasteiger partial charge in [-0.05, 0) is 25.6 Å². The molecule has 0 spiro atoms. The molecule has 3 nitrogen and oxygen atoms in total. The molecule has 0 saturated heterocycles. The van der Waals surface area contributed by atoms with E-state index in [0.29, 0.717) is 5.56 Å². The van der Waals surface area contributed by atoms with Crippen LogP contribution < -0.4 is 4.72 Å². The molecular weight excluding hydrogens is 294 g/mol. The van der Waals surface area contributed by atoms with Crippen LogP contribution in [0.4, 0.5) is 0 Å². The molecule has 0 aromatic heterocycles. The summed E-state index contributed by atoms with van der Waals surface area (Å²) in [6.07, 6.45) is 4.87. The first-order chi connectivity index (χ1) is 10.5. The number of sulfonamides is 1. The minimum Gasteiger partial charge on any atom is -0.214 e. The van der Waals surface area contributed by atoms with Crippen LogP contribution in [0.15, 0.2) is 48.9 Å². The zero-order valence-corrected chi connectivity index (χ0v) is 15.6. The molecule has 1 N–H and O–H groups in total. The summed E-state index contributed by atoms with van der Waals surface area (Å²) in [6.45, 7) is 20.5. The molecule has 0 amide bonds. The third-order valence-electron chi connectivity index (χ3n) is 2.08. The van der Waals surface area contributed by atoms with Crippen LogP contribution in [0.1, 0.15) is 45.7 Å². The van der Waals surface area contributed by atoms with E-state index in [2.05, 4.69) is 24.5 Å². The largest absolute Gasteiger partial charge is 0.240 e. The summed E-state index contributed by atoms with van der Waals surface area (Å²) >= 11 is 0. The summed E-state index contributed by atoms with van der Waals surface area (Å²) < 4.78 is 25.6. The van der Waals surface area contributed by atoms with Crippen molar-refractivity contribution in [3.63, 3.8) is 0 Å². The van der Waals surface area contributed by atoms with Gasteiger partial charge in [-0.2, -0.15) is 0 Å². The molecule has 0 aliphatic heterocycles. The van der Waals surface area contributed by atoms with Crippen LogP contribution in [0.5, 0.6) is 0 Å². The highest BCUT2D eigenvalue weighted by Crippen LogP contribution is 2.21. The number of hydrogen-bond donors (Lipinski definition) is 1. The second-order valence-electron chi connectivity index (χ2n) is 3.28. The van der Waals surface area contributed by atoms with Gasteiger partial charge in [0.25, 0.3) is 0 Å². The average molecular weight is 326 g/mol. The number of nitrogens with one attached hydrogen (secondary N) is 1. The Morgan fingerprint density at radius 3 is 1.77 bits per heavy atom. The highest BCUT2D eigenvalue weighted by atomic mass is 32.2. The molecule has 1 rings (SSSR count). The molecule has 1 aromatic rings. The third-order valence-corrected chi connectivity index (χ3v) is 3.55. The highest BCUT2D eigenvalue weighted by molar-refractivity contribution is 7.89. The topological polar surface area (TPSA) is 46.2 Å². The molecule has 0 aliphatic carbocycles. The number of hydrogen-bond acceptors (Lipinski definition) is 2. The van der Waals surface area contributed by atoms with Gasteiger partial charge in [0.1, 0.15) is 0 Å². The predicted octanol–water partition coefficient (Wildman–Crippen LogP) is 5.13. The average Bonchev–Trinajstić information content (AvgIpc) is 2.58. The lowest BCUT2D eigenvalue weighted by atomic mass is 10.1. The molecule has 0 saturated carbocycles. The van der Waals surface area contributed by atoms with Crippen molar-refractivity contribution in [2.75, 3.05) is 7.05 Å². The van der Waals surface area contributed by atoms with E-state index in [1.54, 1.807) is 24.3 Å². The van der Waals surface area contributed by atoms with Crippen LogP contribution in [0, 0.1) is 0 Å². The lowest BCUT2D eigenvalue weighted by molar-refractivity contribution is 0.588. The summed E-state index contributed by atoms with van der Waals surface area (Å²) in [5, 5.41) is 0. The van der Waals surface area contributed by atoms with E-state index >= 15 is 0 Å². The SMILES string of the molecule is C=CC.C=Cc1cccc(S(=O)(=O)NC)c1C=C.CC.CC. The van der Waals surface area contributed by atoms with E-state index < -0.39 is 10.0 Å². The fraction of sp³-hybridized carbons (Fsp3) is 0.333. The van der Waals surface area contributed by atoms with Gasteiger partial charge in [0.15, 0.2) is 0 Å². The van der Waals surface area contributed by atoms with Crippen molar-refractivity contribution in [1.82, 2.24) is 4.72 Å². The van der Waals surface area contributed by atoms with Crippen molar-refractivity contribution in [2.24, 2.45) is 0 Å². The summed E-state index contributed by atoms with van der Waals surface area (Å²) in [5.41, 5.74) is 1.32. The molecule has 0 unspecified atom stereocenters. The summed E-state index contributed by atoms with van der Waals surface area (Å²) in [6, 6.07) is 5.00. The van der Waals surface area contributed by atoms with Gasteiger partial charge in [0, 0.05) is 5.56 Å². The molecule has 4 heteroatoms. The van der Waals surface area contributed by atoms with E-state index in [1.807, 2.05) is 34.6 Å². The Morgan fingerprint density at radius 1 is 1.00 bits per heavy atom.